The minimum atomic E-state index is -3.66. The fraction of sp³-hybridized carbons (Fsp3) is 0.286. The van der Waals surface area contributed by atoms with E-state index in [2.05, 4.69) is 9.44 Å². The number of rotatable bonds is 6. The topological polar surface area (TPSA) is 92.3 Å². The van der Waals surface area contributed by atoms with Gasteiger partial charge in [0.1, 0.15) is 4.21 Å². The van der Waals surface area contributed by atoms with Crippen LogP contribution >= 0.6 is 11.3 Å². The largest absolute Gasteiger partial charge is 0.279 e. The van der Waals surface area contributed by atoms with Gasteiger partial charge in [0.15, 0.2) is 0 Å². The van der Waals surface area contributed by atoms with Gasteiger partial charge in [-0.3, -0.25) is 4.72 Å². The zero-order chi connectivity index (χ0) is 17.3. The molecule has 1 heterocycles. The lowest BCUT2D eigenvalue weighted by Gasteiger charge is -2.10. The van der Waals surface area contributed by atoms with E-state index < -0.39 is 20.0 Å². The lowest BCUT2D eigenvalue weighted by molar-refractivity contribution is 0.570. The highest BCUT2D eigenvalue weighted by molar-refractivity contribution is 7.94. The Hall–Kier alpha value is -1.42. The van der Waals surface area contributed by atoms with Gasteiger partial charge in [-0.2, -0.15) is 0 Å². The van der Waals surface area contributed by atoms with Gasteiger partial charge in [-0.15, -0.1) is 11.3 Å². The van der Waals surface area contributed by atoms with Gasteiger partial charge < -0.3 is 0 Å². The summed E-state index contributed by atoms with van der Waals surface area (Å²) in [4.78, 5) is 0.979. The molecule has 0 fully saturated rings. The SMILES string of the molecule is Cc1ccc(S(=O)(=O)Nc2ccc(S(=O)(=O)NC(C)C)cc2)s1. The van der Waals surface area contributed by atoms with Crippen LogP contribution < -0.4 is 9.44 Å². The molecule has 23 heavy (non-hydrogen) atoms. The van der Waals surface area contributed by atoms with Crippen molar-refractivity contribution < 1.29 is 16.8 Å². The van der Waals surface area contributed by atoms with Crippen molar-refractivity contribution in [2.24, 2.45) is 0 Å². The maximum absolute atomic E-state index is 12.2. The monoisotopic (exact) mass is 374 g/mol. The maximum Gasteiger partial charge on any atom is 0.271 e. The summed E-state index contributed by atoms with van der Waals surface area (Å²) in [6, 6.07) is 8.62. The second kappa shape index (κ2) is 6.60. The molecule has 0 amide bonds. The van der Waals surface area contributed by atoms with E-state index in [4.69, 9.17) is 0 Å². The first kappa shape index (κ1) is 17.9. The number of thiophene rings is 1. The summed E-state index contributed by atoms with van der Waals surface area (Å²) in [7, 11) is -7.25. The fourth-order valence-electron chi connectivity index (χ4n) is 1.84. The molecule has 0 radical (unpaired) electrons. The maximum atomic E-state index is 12.2. The Morgan fingerprint density at radius 1 is 0.913 bits per heavy atom. The van der Waals surface area contributed by atoms with Crippen LogP contribution in [0.5, 0.6) is 0 Å². The van der Waals surface area contributed by atoms with E-state index in [9.17, 15) is 16.8 Å². The lowest BCUT2D eigenvalue weighted by Crippen LogP contribution is -2.30. The second-order valence-corrected chi connectivity index (χ2v) is 10.2. The van der Waals surface area contributed by atoms with Crippen LogP contribution in [0, 0.1) is 6.92 Å². The molecule has 0 unspecified atom stereocenters. The van der Waals surface area contributed by atoms with Gasteiger partial charge in [0.2, 0.25) is 10.0 Å². The molecule has 0 saturated heterocycles. The molecule has 0 spiro atoms. The average molecular weight is 375 g/mol. The van der Waals surface area contributed by atoms with Crippen LogP contribution in [-0.2, 0) is 20.0 Å². The Bertz CT molecular complexity index is 882. The van der Waals surface area contributed by atoms with E-state index in [0.717, 1.165) is 4.88 Å². The molecular formula is C14H18N2O4S3. The first-order valence-electron chi connectivity index (χ1n) is 6.82. The summed E-state index contributed by atoms with van der Waals surface area (Å²) in [5.74, 6) is 0. The number of anilines is 1. The van der Waals surface area contributed by atoms with Crippen molar-refractivity contribution in [1.29, 1.82) is 0 Å². The number of nitrogens with one attached hydrogen (secondary N) is 2. The summed E-state index contributed by atoms with van der Waals surface area (Å²) < 4.78 is 53.6. The van der Waals surface area contributed by atoms with Crippen molar-refractivity contribution in [3.63, 3.8) is 0 Å². The normalized spacial score (nSPS) is 12.5. The van der Waals surface area contributed by atoms with E-state index in [-0.39, 0.29) is 15.1 Å². The highest BCUT2D eigenvalue weighted by atomic mass is 32.2. The van der Waals surface area contributed by atoms with Crippen LogP contribution in [0.15, 0.2) is 45.5 Å². The third-order valence-corrected chi connectivity index (χ3v) is 7.34. The molecular weight excluding hydrogens is 356 g/mol. The lowest BCUT2D eigenvalue weighted by atomic mass is 10.3. The molecule has 0 bridgehead atoms. The molecule has 1 aromatic carbocycles. The molecule has 0 aliphatic rings. The minimum absolute atomic E-state index is 0.0844. The van der Waals surface area contributed by atoms with Crippen LogP contribution in [0.1, 0.15) is 18.7 Å². The average Bonchev–Trinajstić information content (AvgIpc) is 2.85. The molecule has 2 N–H and O–H groups in total. The van der Waals surface area contributed by atoms with Gasteiger partial charge >= 0.3 is 0 Å². The van der Waals surface area contributed by atoms with Gasteiger partial charge in [0.05, 0.1) is 4.90 Å². The van der Waals surface area contributed by atoms with Crippen LogP contribution in [0.3, 0.4) is 0 Å². The number of benzene rings is 1. The molecule has 0 saturated carbocycles. The van der Waals surface area contributed by atoms with E-state index in [0.29, 0.717) is 5.69 Å². The van der Waals surface area contributed by atoms with Crippen LogP contribution in [-0.4, -0.2) is 22.9 Å². The zero-order valence-electron chi connectivity index (χ0n) is 12.9. The van der Waals surface area contributed by atoms with Crippen molar-refractivity contribution >= 4 is 37.1 Å². The predicted octanol–water partition coefficient (Wildman–Crippen LogP) is 2.54. The minimum Gasteiger partial charge on any atom is -0.279 e. The third kappa shape index (κ3) is 4.54. The molecule has 6 nitrogen and oxygen atoms in total. The van der Waals surface area contributed by atoms with E-state index in [1.54, 1.807) is 19.9 Å². The first-order chi connectivity index (χ1) is 10.6. The predicted molar refractivity (Wildman–Crippen MR) is 91.8 cm³/mol. The van der Waals surface area contributed by atoms with Crippen molar-refractivity contribution in [3.8, 4) is 0 Å². The number of sulfonamides is 2. The smallest absolute Gasteiger partial charge is 0.271 e. The van der Waals surface area contributed by atoms with Crippen molar-refractivity contribution in [1.82, 2.24) is 4.72 Å². The standard InChI is InChI=1S/C14H18N2O4S3/c1-10(2)15-22(17,18)13-7-5-12(6-8-13)16-23(19,20)14-9-4-11(3)21-14/h4-10,15-16H,1-3H3. The zero-order valence-corrected chi connectivity index (χ0v) is 15.3. The molecule has 1 aromatic heterocycles. The summed E-state index contributed by atoms with van der Waals surface area (Å²) in [6.07, 6.45) is 0. The summed E-state index contributed by atoms with van der Waals surface area (Å²) in [5.41, 5.74) is 0.305. The summed E-state index contributed by atoms with van der Waals surface area (Å²) in [5, 5.41) is 0. The summed E-state index contributed by atoms with van der Waals surface area (Å²) in [6.45, 7) is 5.27. The Morgan fingerprint density at radius 3 is 2.00 bits per heavy atom. The van der Waals surface area contributed by atoms with Crippen molar-refractivity contribution in [2.45, 2.75) is 35.9 Å². The van der Waals surface area contributed by atoms with Crippen LogP contribution in [0.2, 0.25) is 0 Å². The Labute approximate surface area is 140 Å². The highest BCUT2D eigenvalue weighted by Crippen LogP contribution is 2.24. The second-order valence-electron chi connectivity index (χ2n) is 5.27. The van der Waals surface area contributed by atoms with E-state index in [1.165, 1.54) is 41.7 Å². The Kier molecular flexibility index (Phi) is 5.14. The first-order valence-corrected chi connectivity index (χ1v) is 10.6. The molecule has 0 aliphatic heterocycles. The van der Waals surface area contributed by atoms with E-state index in [1.807, 2.05) is 6.92 Å². The molecule has 2 rings (SSSR count). The quantitative estimate of drug-likeness (QED) is 0.813. The van der Waals surface area contributed by atoms with Gasteiger partial charge in [-0.1, -0.05) is 0 Å². The number of aryl methyl sites for hydroxylation is 1. The molecule has 0 aliphatic carbocycles. The molecule has 0 atom stereocenters. The van der Waals surface area contributed by atoms with Crippen LogP contribution in [0.25, 0.3) is 0 Å². The number of hydrogen-bond donors (Lipinski definition) is 2. The Balaban J connectivity index is 2.21. The third-order valence-electron chi connectivity index (χ3n) is 2.79. The van der Waals surface area contributed by atoms with Gasteiger partial charge in [0, 0.05) is 16.6 Å². The van der Waals surface area contributed by atoms with Gasteiger partial charge in [-0.05, 0) is 57.2 Å². The highest BCUT2D eigenvalue weighted by Gasteiger charge is 2.18. The summed E-state index contributed by atoms with van der Waals surface area (Å²) >= 11 is 1.17. The van der Waals surface area contributed by atoms with E-state index >= 15 is 0 Å². The fourth-order valence-corrected chi connectivity index (χ4v) is 5.44. The van der Waals surface area contributed by atoms with Crippen molar-refractivity contribution in [3.05, 3.63) is 41.3 Å². The molecule has 9 heteroatoms. The Morgan fingerprint density at radius 2 is 1.52 bits per heavy atom. The van der Waals surface area contributed by atoms with Gasteiger partial charge in [-0.25, -0.2) is 21.6 Å². The van der Waals surface area contributed by atoms with Crippen molar-refractivity contribution in [2.75, 3.05) is 4.72 Å². The molecule has 2 aromatic rings. The molecule has 126 valence electrons. The van der Waals surface area contributed by atoms with Crippen LogP contribution in [0.4, 0.5) is 5.69 Å². The van der Waals surface area contributed by atoms with Gasteiger partial charge in [0.25, 0.3) is 10.0 Å². The number of hydrogen-bond acceptors (Lipinski definition) is 5.